The summed E-state index contributed by atoms with van der Waals surface area (Å²) in [6.45, 7) is 2.38. The quantitative estimate of drug-likeness (QED) is 0.793. The topological polar surface area (TPSA) is 35.6 Å². The van der Waals surface area contributed by atoms with E-state index in [1.165, 1.54) is 4.90 Å². The summed E-state index contributed by atoms with van der Waals surface area (Å²) in [5.41, 5.74) is -0.369. The van der Waals surface area contributed by atoms with E-state index in [0.717, 1.165) is 24.6 Å². The molecule has 0 bridgehead atoms. The summed E-state index contributed by atoms with van der Waals surface area (Å²) in [6, 6.07) is 11.7. The summed E-state index contributed by atoms with van der Waals surface area (Å²) in [7, 11) is 0. The number of halogens is 4. The van der Waals surface area contributed by atoms with E-state index in [-0.39, 0.29) is 5.69 Å². The summed E-state index contributed by atoms with van der Waals surface area (Å²) in [6.07, 6.45) is -4.06. The highest BCUT2D eigenvalue weighted by Gasteiger charge is 2.34. The van der Waals surface area contributed by atoms with Crippen LogP contribution in [0.25, 0.3) is 0 Å². The Morgan fingerprint density at radius 3 is 2.52 bits per heavy atom. The molecule has 0 aliphatic carbocycles. The number of nitrogens with zero attached hydrogens (tertiary/aromatic N) is 2. The smallest absolute Gasteiger partial charge is 0.311 e. The zero-order valence-corrected chi connectivity index (χ0v) is 14.5. The van der Waals surface area contributed by atoms with Gasteiger partial charge >= 0.3 is 12.2 Å². The summed E-state index contributed by atoms with van der Waals surface area (Å²) >= 11 is 0. The Balaban J connectivity index is 1.64. The Morgan fingerprint density at radius 2 is 1.81 bits per heavy atom. The first-order valence-electron chi connectivity index (χ1n) is 8.52. The molecule has 1 N–H and O–H groups in total. The number of urea groups is 1. The largest absolute Gasteiger partial charge is 0.419 e. The number of rotatable bonds is 3. The monoisotopic (exact) mass is 381 g/mol. The zero-order chi connectivity index (χ0) is 19.4. The van der Waals surface area contributed by atoms with Crippen LogP contribution in [-0.2, 0) is 12.7 Å². The fraction of sp³-hybridized carbons (Fsp3) is 0.316. The molecule has 0 spiro atoms. The minimum absolute atomic E-state index is 0.0890. The van der Waals surface area contributed by atoms with Gasteiger partial charge in [0.05, 0.1) is 12.2 Å². The van der Waals surface area contributed by atoms with E-state index in [9.17, 15) is 22.4 Å². The predicted octanol–water partition coefficient (Wildman–Crippen LogP) is 4.54. The highest BCUT2D eigenvalue weighted by atomic mass is 19.4. The van der Waals surface area contributed by atoms with E-state index in [1.807, 2.05) is 30.3 Å². The summed E-state index contributed by atoms with van der Waals surface area (Å²) in [5.74, 6) is -1.37. The molecule has 2 aromatic rings. The number of carbonyl (C=O) groups excluding carboxylic acids is 1. The lowest BCUT2D eigenvalue weighted by Gasteiger charge is -2.35. The van der Waals surface area contributed by atoms with Crippen LogP contribution in [0.3, 0.4) is 0 Å². The molecule has 1 fully saturated rings. The van der Waals surface area contributed by atoms with Crippen LogP contribution >= 0.6 is 0 Å². The number of alkyl halides is 3. The van der Waals surface area contributed by atoms with Gasteiger partial charge in [-0.2, -0.15) is 13.2 Å². The lowest BCUT2D eigenvalue weighted by molar-refractivity contribution is -0.139. The average Bonchev–Trinajstić information content (AvgIpc) is 2.63. The Kier molecular flexibility index (Phi) is 5.65. The van der Waals surface area contributed by atoms with Gasteiger partial charge in [-0.05, 0) is 30.2 Å². The number of nitrogens with one attached hydrogen (secondary N) is 1. The third-order valence-corrected chi connectivity index (χ3v) is 4.33. The third kappa shape index (κ3) is 4.97. The van der Waals surface area contributed by atoms with E-state index in [2.05, 4.69) is 10.2 Å². The molecule has 0 aromatic heterocycles. The van der Waals surface area contributed by atoms with Crippen molar-refractivity contribution in [3.05, 3.63) is 65.5 Å². The van der Waals surface area contributed by atoms with Gasteiger partial charge in [0.1, 0.15) is 5.82 Å². The van der Waals surface area contributed by atoms with Gasteiger partial charge in [-0.15, -0.1) is 0 Å². The molecular weight excluding hydrogens is 362 g/mol. The first-order chi connectivity index (χ1) is 12.8. The maximum Gasteiger partial charge on any atom is 0.419 e. The fourth-order valence-electron chi connectivity index (χ4n) is 3.03. The molecule has 4 nitrogen and oxygen atoms in total. The van der Waals surface area contributed by atoms with Gasteiger partial charge < -0.3 is 10.2 Å². The van der Waals surface area contributed by atoms with E-state index >= 15 is 0 Å². The molecule has 1 saturated heterocycles. The second-order valence-electron chi connectivity index (χ2n) is 6.42. The summed E-state index contributed by atoms with van der Waals surface area (Å²) < 4.78 is 51.8. The Labute approximate surface area is 154 Å². The molecule has 8 heteroatoms. The van der Waals surface area contributed by atoms with Crippen molar-refractivity contribution >= 4 is 11.7 Å². The molecule has 2 amide bonds. The third-order valence-electron chi connectivity index (χ3n) is 4.33. The van der Waals surface area contributed by atoms with Gasteiger partial charge in [-0.1, -0.05) is 30.3 Å². The number of hydrogen-bond acceptors (Lipinski definition) is 2. The highest BCUT2D eigenvalue weighted by molar-refractivity contribution is 5.89. The first-order valence-corrected chi connectivity index (χ1v) is 8.52. The number of hydrogen-bond donors (Lipinski definition) is 1. The van der Waals surface area contributed by atoms with Crippen molar-refractivity contribution in [2.24, 2.45) is 0 Å². The van der Waals surface area contributed by atoms with Gasteiger partial charge in [-0.3, -0.25) is 4.90 Å². The molecule has 0 radical (unpaired) electrons. The van der Waals surface area contributed by atoms with Crippen molar-refractivity contribution in [1.29, 1.82) is 0 Å². The average molecular weight is 381 g/mol. The van der Waals surface area contributed by atoms with Crippen LogP contribution in [0, 0.1) is 5.82 Å². The van der Waals surface area contributed by atoms with Gasteiger partial charge in [-0.25, -0.2) is 9.18 Å². The van der Waals surface area contributed by atoms with Gasteiger partial charge in [0.2, 0.25) is 0 Å². The van der Waals surface area contributed by atoms with Crippen LogP contribution in [0.4, 0.5) is 28.0 Å². The van der Waals surface area contributed by atoms with Crippen LogP contribution in [0.15, 0.2) is 48.5 Å². The zero-order valence-electron chi connectivity index (χ0n) is 14.5. The number of carbonyl (C=O) groups is 1. The Bertz CT molecular complexity index is 795. The lowest BCUT2D eigenvalue weighted by atomic mass is 10.2. The first kappa shape index (κ1) is 19.2. The maximum absolute atomic E-state index is 13.4. The molecule has 0 saturated carbocycles. The van der Waals surface area contributed by atoms with Gasteiger partial charge in [0.15, 0.2) is 0 Å². The molecule has 1 heterocycles. The maximum atomic E-state index is 13.4. The molecule has 0 unspecified atom stereocenters. The molecule has 27 heavy (non-hydrogen) atoms. The summed E-state index contributed by atoms with van der Waals surface area (Å²) in [5, 5.41) is 2.43. The fourth-order valence-corrected chi connectivity index (χ4v) is 3.03. The van der Waals surface area contributed by atoms with Crippen LogP contribution in [-0.4, -0.2) is 35.6 Å². The molecule has 144 valence electrons. The normalized spacial score (nSPS) is 15.6. The number of benzene rings is 2. The Morgan fingerprint density at radius 1 is 1.07 bits per heavy atom. The second-order valence-corrected chi connectivity index (χ2v) is 6.42. The standard InChI is InChI=1S/C19H19F4N3O/c20-17-8-7-15(11-16(17)19(21,22)23)24-18(27)26-10-4-9-25(13-26)12-14-5-2-1-3-6-14/h1-3,5-8,11H,4,9-10,12-13H2,(H,24,27). The minimum Gasteiger partial charge on any atom is -0.311 e. The number of anilines is 1. The van der Waals surface area contributed by atoms with E-state index in [0.29, 0.717) is 31.9 Å². The Hall–Kier alpha value is -2.61. The highest BCUT2D eigenvalue weighted by Crippen LogP contribution is 2.33. The van der Waals surface area contributed by atoms with Gasteiger partial charge in [0.25, 0.3) is 0 Å². The van der Waals surface area contributed by atoms with Crippen LogP contribution in [0.2, 0.25) is 0 Å². The molecular formula is C19H19F4N3O. The minimum atomic E-state index is -4.82. The van der Waals surface area contributed by atoms with Crippen LogP contribution in [0.1, 0.15) is 17.5 Å². The molecule has 3 rings (SSSR count). The van der Waals surface area contributed by atoms with Crippen LogP contribution in [0.5, 0.6) is 0 Å². The number of amides is 2. The predicted molar refractivity (Wildman–Crippen MR) is 93.5 cm³/mol. The molecule has 1 aliphatic heterocycles. The van der Waals surface area contributed by atoms with Gasteiger partial charge in [0, 0.05) is 25.3 Å². The molecule has 1 aliphatic rings. The van der Waals surface area contributed by atoms with Crippen molar-refractivity contribution < 1.29 is 22.4 Å². The van der Waals surface area contributed by atoms with Crippen molar-refractivity contribution in [2.75, 3.05) is 25.1 Å². The van der Waals surface area contributed by atoms with E-state index in [4.69, 9.17) is 0 Å². The SMILES string of the molecule is O=C(Nc1ccc(F)c(C(F)(F)F)c1)N1CCCN(Cc2ccccc2)C1. The molecule has 0 atom stereocenters. The molecule has 2 aromatic carbocycles. The van der Waals surface area contributed by atoms with E-state index in [1.54, 1.807) is 0 Å². The van der Waals surface area contributed by atoms with E-state index < -0.39 is 23.6 Å². The summed E-state index contributed by atoms with van der Waals surface area (Å²) in [4.78, 5) is 16.0. The second kappa shape index (κ2) is 7.96. The van der Waals surface area contributed by atoms with Crippen molar-refractivity contribution in [3.63, 3.8) is 0 Å². The van der Waals surface area contributed by atoms with Crippen LogP contribution < -0.4 is 5.32 Å². The lowest BCUT2D eigenvalue weighted by Crippen LogP contribution is -2.48. The van der Waals surface area contributed by atoms with Crippen molar-refractivity contribution in [1.82, 2.24) is 9.80 Å². The van der Waals surface area contributed by atoms with Crippen molar-refractivity contribution in [2.45, 2.75) is 19.1 Å². The van der Waals surface area contributed by atoms with Crippen molar-refractivity contribution in [3.8, 4) is 0 Å².